The Hall–Kier alpha value is -11.4. The van der Waals surface area contributed by atoms with Crippen molar-refractivity contribution < 1.29 is 82.6 Å². The molecular formula is C102H136N14O17S3. The number of likely N-dealkylation sites (tertiary alicyclic amines) is 1. The maximum absolute atomic E-state index is 13.8. The molecule has 4 heterocycles. The summed E-state index contributed by atoms with van der Waals surface area (Å²) in [5.41, 5.74) is 10.8. The van der Waals surface area contributed by atoms with Gasteiger partial charge in [0, 0.05) is 111 Å². The molecule has 3 fully saturated rings. The molecule has 11 rings (SSSR count). The fraction of sp³-hybridized carbons (Fsp3) is 0.471. The molecule has 4 unspecified atom stereocenters. The van der Waals surface area contributed by atoms with E-state index in [9.17, 15) is 68.4 Å². The average molecular weight is 1930 g/mol. The smallest absolute Gasteiger partial charge is 0.407 e. The van der Waals surface area contributed by atoms with Gasteiger partial charge in [-0.25, -0.2) is 14.6 Å². The number of aromatic nitrogens is 2. The van der Waals surface area contributed by atoms with Crippen molar-refractivity contribution in [2.45, 2.75) is 224 Å². The molecule has 2 aliphatic heterocycles. The molecule has 6 aromatic carbocycles. The van der Waals surface area contributed by atoms with Crippen LogP contribution in [0, 0.1) is 29.6 Å². The molecule has 734 valence electrons. The van der Waals surface area contributed by atoms with E-state index in [4.69, 9.17) is 19.9 Å². The molecule has 13 atom stereocenters. The Morgan fingerprint density at radius 1 is 0.618 bits per heavy atom. The van der Waals surface area contributed by atoms with Crippen LogP contribution in [0.25, 0.3) is 22.0 Å². The van der Waals surface area contributed by atoms with Gasteiger partial charge in [-0.15, -0.1) is 23.5 Å². The predicted molar refractivity (Wildman–Crippen MR) is 531 cm³/mol. The first kappa shape index (κ1) is 108. The minimum Gasteiger partial charge on any atom is -0.508 e. The summed E-state index contributed by atoms with van der Waals surface area (Å²) < 4.78 is 15.7. The number of carbonyl (C=O) groups is 10. The molecule has 34 heteroatoms. The lowest BCUT2D eigenvalue weighted by molar-refractivity contribution is -0.147. The second-order valence-corrected chi connectivity index (χ2v) is 41.8. The molecule has 0 spiro atoms. The highest BCUT2D eigenvalue weighted by Crippen LogP contribution is 2.40. The summed E-state index contributed by atoms with van der Waals surface area (Å²) in [5.74, 6) is -0.498. The number of thioether (sulfide) groups is 3. The molecule has 3 aliphatic rings. The number of phenols is 1. The van der Waals surface area contributed by atoms with Gasteiger partial charge in [-0.05, 0) is 163 Å². The number of nitrogens with zero attached hydrogens (tertiary/aromatic N) is 5. The van der Waals surface area contributed by atoms with Gasteiger partial charge in [0.15, 0.2) is 18.8 Å². The van der Waals surface area contributed by atoms with Crippen molar-refractivity contribution in [3.8, 4) is 22.8 Å². The number of rotatable bonds is 36. The number of piperidine rings is 1. The number of carbonyl (C=O) groups excluding carboxylic acids is 10. The molecule has 2 saturated heterocycles. The van der Waals surface area contributed by atoms with E-state index in [0.717, 1.165) is 69.4 Å². The fourth-order valence-corrected chi connectivity index (χ4v) is 19.1. The molecular weight excluding hydrogens is 1790 g/mol. The zero-order valence-electron chi connectivity index (χ0n) is 80.4. The number of hydrazine groups is 1. The number of ether oxygens (including phenoxy) is 3. The van der Waals surface area contributed by atoms with Gasteiger partial charge in [-0.2, -0.15) is 11.8 Å². The van der Waals surface area contributed by atoms with E-state index < -0.39 is 119 Å². The minimum atomic E-state index is -1.64. The number of β-amino-alcohol motifs (C(OH)–C–C–N with tert-alkyl or cyclic N) is 1. The monoisotopic (exact) mass is 1920 g/mol. The molecule has 0 bridgehead atoms. The molecule has 2 aromatic heterocycles. The Bertz CT molecular complexity index is 5240. The summed E-state index contributed by atoms with van der Waals surface area (Å²) in [6, 6.07) is 48.2. The summed E-state index contributed by atoms with van der Waals surface area (Å²) in [5, 5.41) is 68.3. The van der Waals surface area contributed by atoms with Crippen LogP contribution in [-0.2, 0) is 62.4 Å². The Morgan fingerprint density at radius 3 is 1.83 bits per heavy atom. The lowest BCUT2D eigenvalue weighted by Crippen LogP contribution is -2.60. The lowest BCUT2D eigenvalue weighted by atomic mass is 9.72. The van der Waals surface area contributed by atoms with Gasteiger partial charge in [0.25, 0.3) is 29.5 Å². The first-order valence-corrected chi connectivity index (χ1v) is 49.4. The maximum Gasteiger partial charge on any atom is 0.407 e. The summed E-state index contributed by atoms with van der Waals surface area (Å²) in [7, 11) is 1.21. The number of primary amides is 1. The zero-order valence-corrected chi connectivity index (χ0v) is 82.9. The van der Waals surface area contributed by atoms with E-state index in [0.29, 0.717) is 46.8 Å². The van der Waals surface area contributed by atoms with Crippen LogP contribution in [0.4, 0.5) is 9.59 Å². The van der Waals surface area contributed by atoms with Crippen LogP contribution in [0.3, 0.4) is 0 Å². The van der Waals surface area contributed by atoms with Crippen LogP contribution in [0.2, 0.25) is 0 Å². The number of alkyl carbamates (subject to hydrolysis) is 1. The molecule has 136 heavy (non-hydrogen) atoms. The highest BCUT2D eigenvalue weighted by Gasteiger charge is 2.45. The van der Waals surface area contributed by atoms with Gasteiger partial charge >= 0.3 is 12.2 Å². The number of pyridine rings is 2. The van der Waals surface area contributed by atoms with E-state index >= 15 is 0 Å². The third kappa shape index (κ3) is 33.8. The van der Waals surface area contributed by atoms with Crippen LogP contribution in [0.5, 0.6) is 11.5 Å². The highest BCUT2D eigenvalue weighted by atomic mass is 32.2. The zero-order chi connectivity index (χ0) is 99.2. The number of methoxy groups -OCH3 is 1. The van der Waals surface area contributed by atoms with Gasteiger partial charge < -0.3 is 82.5 Å². The number of aliphatic hydroxyl groups excluding tert-OH is 3. The van der Waals surface area contributed by atoms with Gasteiger partial charge in [0.1, 0.15) is 29.6 Å². The number of phenolic OH excluding ortho intramolecular Hbond substituents is 1. The molecule has 14 N–H and O–H groups in total. The van der Waals surface area contributed by atoms with Gasteiger partial charge in [-0.3, -0.25) is 58.6 Å². The topological polar surface area (TPSA) is 437 Å². The average Bonchev–Trinajstić information content (AvgIpc) is 1.30. The van der Waals surface area contributed by atoms with Crippen molar-refractivity contribution in [1.29, 1.82) is 0 Å². The normalized spacial score (nSPS) is 17.6. The SMILES string of the molecule is COC(=O)NC(C(=O)NN(Cc1ccc(-c2ccccn2)cc1)CC(O)C(Cc1ccccc1)NC(=O)C(OC(N)=O)C(C)(C)C)C(C)(C)C.CSC[C@H](NC(=O)COc1cccc2cnccc12)C(=O)N[C@@H](Cc1ccccc1)[C@H](O)C(=O)N1CSC[C@H]1C(=O)NC(C)(C)C.Cc1c(O)cccc1C(=O)N[C@@H](CSc1ccccc1)[C@H](O)CN1C[C@H]2CCCC[C@H]2C[C@H]1C(=O)NC(C)(C)C. The number of benzene rings is 6. The Kier molecular flexibility index (Phi) is 40.7. The standard InChI is InChI=1S/C37H50N6O7.C33H41N5O6S2.C32H45N3O4S/c1-36(2,3)30(41-35(48)49-7)32(45)42-43(22-25-16-18-26(19-17-25)27-15-11-12-20-39-27)23-29(44)28(21-24-13-9-8-10-14-24)40-33(46)31(37(4,5)6)50-34(38)47;1-33(2,3)37-31(42)26-19-46-20-38(26)32(43)29(40)24(15-21-9-6-5-7-10-21)36-30(41)25(18-45-4)35-28(39)17-44-27-12-8-11-22-16-34-14-13-23(22)27;1-21-25(15-10-16-28(21)36)30(38)33-26(20-40-24-13-6-5-7-14-24)29(37)19-35-18-23-12-9-8-11-22(23)17-27(35)31(39)34-32(2,3)4/h8-20,28-31,44H,21-23H2,1-7H3,(H2,38,47)(H,40,46)(H,41,48)(H,42,45);5-14,16,24-26,29,40H,15,17-20H2,1-4H3,(H,35,39)(H,36,41)(H,37,42);5-7,10,13-16,22-23,26-27,29,36-37H,8-9,11-12,17-20H2,1-4H3,(H,33,38)(H,34,39)/t;24-,25-,26-,29-;22-,23+,26-,27-,29+/m.00/s1. The van der Waals surface area contributed by atoms with E-state index in [1.165, 1.54) is 53.4 Å². The van der Waals surface area contributed by atoms with Crippen molar-refractivity contribution in [3.63, 3.8) is 0 Å². The first-order chi connectivity index (χ1) is 64.4. The number of nitrogens with two attached hydrogens (primary N) is 1. The highest BCUT2D eigenvalue weighted by molar-refractivity contribution is 7.99. The summed E-state index contributed by atoms with van der Waals surface area (Å²) >= 11 is 4.36. The number of aromatic hydroxyl groups is 1. The lowest BCUT2D eigenvalue weighted by Gasteiger charge is -2.47. The van der Waals surface area contributed by atoms with Crippen molar-refractivity contribution in [2.24, 2.45) is 28.4 Å². The maximum atomic E-state index is 13.8. The Labute approximate surface area is 811 Å². The van der Waals surface area contributed by atoms with E-state index in [-0.39, 0.29) is 79.2 Å². The summed E-state index contributed by atoms with van der Waals surface area (Å²) in [6.07, 6.45) is 5.91. The molecule has 10 amide bonds. The third-order valence-corrected chi connectivity index (χ3v) is 26.1. The van der Waals surface area contributed by atoms with Gasteiger partial charge in [0.2, 0.25) is 17.7 Å². The Balaban J connectivity index is 0.000000230. The van der Waals surface area contributed by atoms with Gasteiger partial charge in [0.05, 0.1) is 55.1 Å². The quantitative estimate of drug-likeness (QED) is 0.0128. The number of nitrogens with one attached hydrogen (secondary N) is 8. The number of fused-ring (bicyclic) bond motifs is 2. The molecule has 31 nitrogen and oxygen atoms in total. The fourth-order valence-electron chi connectivity index (χ4n) is 16.3. The number of amides is 10. The molecule has 1 saturated carbocycles. The minimum absolute atomic E-state index is 0.0124. The molecule has 1 aliphatic carbocycles. The largest absolute Gasteiger partial charge is 0.508 e. The van der Waals surface area contributed by atoms with E-state index in [1.54, 1.807) is 121 Å². The van der Waals surface area contributed by atoms with Crippen molar-refractivity contribution in [1.82, 2.24) is 67.4 Å². The van der Waals surface area contributed by atoms with Gasteiger partial charge in [-0.1, -0.05) is 188 Å². The van der Waals surface area contributed by atoms with Crippen molar-refractivity contribution in [3.05, 3.63) is 222 Å². The van der Waals surface area contributed by atoms with Crippen molar-refractivity contribution in [2.75, 3.05) is 62.7 Å². The van der Waals surface area contributed by atoms with Crippen LogP contribution in [-0.4, -0.2) is 245 Å². The number of hydrogen-bond acceptors (Lipinski definition) is 24. The van der Waals surface area contributed by atoms with E-state index in [1.807, 2.05) is 181 Å². The predicted octanol–water partition coefficient (Wildman–Crippen LogP) is 11.1. The number of aliphatic hydroxyl groups is 3. The summed E-state index contributed by atoms with van der Waals surface area (Å²) in [6.45, 7) is 24.6. The van der Waals surface area contributed by atoms with Crippen LogP contribution < -0.4 is 53.1 Å². The second kappa shape index (κ2) is 51.2. The molecule has 0 radical (unpaired) electrons. The summed E-state index contributed by atoms with van der Waals surface area (Å²) in [4.78, 5) is 144. The van der Waals surface area contributed by atoms with Crippen molar-refractivity contribution >= 4 is 106 Å². The second-order valence-electron chi connectivity index (χ2n) is 38.8. The third-order valence-electron chi connectivity index (χ3n) is 23.3. The van der Waals surface area contributed by atoms with Crippen LogP contribution in [0.15, 0.2) is 199 Å². The number of hydrogen-bond donors (Lipinski definition) is 13. The van der Waals surface area contributed by atoms with Crippen LogP contribution in [0.1, 0.15) is 148 Å². The Morgan fingerprint density at radius 2 is 1.23 bits per heavy atom. The first-order valence-electron chi connectivity index (χ1n) is 45.8. The molecule has 8 aromatic rings. The van der Waals surface area contributed by atoms with E-state index in [2.05, 4.69) is 57.5 Å². The van der Waals surface area contributed by atoms with Crippen LogP contribution >= 0.6 is 35.3 Å².